The maximum atomic E-state index is 14.5. The van der Waals surface area contributed by atoms with Crippen molar-refractivity contribution in [2.45, 2.75) is 83.9 Å². The molecule has 0 spiro atoms. The minimum atomic E-state index is -0.959. The summed E-state index contributed by atoms with van der Waals surface area (Å²) in [6.07, 6.45) is 12.2. The van der Waals surface area contributed by atoms with Crippen LogP contribution in [0.2, 0.25) is 0 Å². The molecule has 0 aliphatic carbocycles. The van der Waals surface area contributed by atoms with Gasteiger partial charge in [0.1, 0.15) is 17.7 Å². The summed E-state index contributed by atoms with van der Waals surface area (Å²) >= 11 is 1.58. The first-order valence-corrected chi connectivity index (χ1v) is 17.1. The number of nitrogens with zero attached hydrogens (tertiary/aromatic N) is 1. The second-order valence-electron chi connectivity index (χ2n) is 12.1. The molecule has 0 radical (unpaired) electrons. The van der Waals surface area contributed by atoms with E-state index in [0.717, 1.165) is 42.9 Å². The molecule has 0 saturated carbocycles. The van der Waals surface area contributed by atoms with Gasteiger partial charge < -0.3 is 20.3 Å². The zero-order chi connectivity index (χ0) is 32.8. The summed E-state index contributed by atoms with van der Waals surface area (Å²) in [5.41, 5.74) is 1.21. The third-order valence-corrected chi connectivity index (χ3v) is 8.00. The number of thioether (sulfide) groups is 1. The number of fused-ring (bicyclic) bond motifs is 1. The molecular weight excluding hydrogens is 582 g/mol. The molecule has 45 heavy (non-hydrogen) atoms. The summed E-state index contributed by atoms with van der Waals surface area (Å²) in [4.78, 5) is 43.2. The molecule has 2 atom stereocenters. The Balaban J connectivity index is 2.03. The lowest BCUT2D eigenvalue weighted by molar-refractivity contribution is -0.141. The van der Waals surface area contributed by atoms with Gasteiger partial charge in [0.2, 0.25) is 5.91 Å². The number of anilines is 1. The number of carbonyl (C=O) groups is 3. The van der Waals surface area contributed by atoms with Gasteiger partial charge in [0, 0.05) is 17.8 Å². The van der Waals surface area contributed by atoms with Gasteiger partial charge in [-0.05, 0) is 86.2 Å². The monoisotopic (exact) mass is 629 g/mol. The summed E-state index contributed by atoms with van der Waals surface area (Å²) in [7, 11) is 0. The fourth-order valence-corrected chi connectivity index (χ4v) is 5.58. The number of hydrogen-bond donors (Lipinski definition) is 2. The first-order chi connectivity index (χ1) is 21.6. The van der Waals surface area contributed by atoms with Gasteiger partial charge in [-0.25, -0.2) is 4.79 Å². The lowest BCUT2D eigenvalue weighted by Gasteiger charge is -2.34. The highest BCUT2D eigenvalue weighted by molar-refractivity contribution is 7.98. The summed E-state index contributed by atoms with van der Waals surface area (Å²) < 4.78 is 5.51. The second-order valence-corrected chi connectivity index (χ2v) is 13.1. The maximum Gasteiger partial charge on any atom is 0.408 e. The van der Waals surface area contributed by atoms with Gasteiger partial charge in [0.15, 0.2) is 0 Å². The molecule has 0 saturated heterocycles. The SMILES string of the molecule is C#Cc1ccc(C(C(=O)Nc2ccc3ccccc3c2)N(CCCCCCC)C(=O)C(CCSC)NC(=O)OC(C)(C)C)cc1. The number of alkyl carbamates (subject to hydrolysis) is 1. The highest BCUT2D eigenvalue weighted by Crippen LogP contribution is 2.27. The highest BCUT2D eigenvalue weighted by atomic mass is 32.2. The van der Waals surface area contributed by atoms with Crippen molar-refractivity contribution in [2.24, 2.45) is 0 Å². The number of rotatable bonds is 15. The fraction of sp³-hybridized carbons (Fsp3) is 0.432. The summed E-state index contributed by atoms with van der Waals surface area (Å²) in [5.74, 6) is 2.59. The van der Waals surface area contributed by atoms with Crippen LogP contribution in [0.15, 0.2) is 66.7 Å². The zero-order valence-corrected chi connectivity index (χ0v) is 28.0. The fourth-order valence-electron chi connectivity index (χ4n) is 5.11. The van der Waals surface area contributed by atoms with Crippen molar-refractivity contribution >= 4 is 46.1 Å². The lowest BCUT2D eigenvalue weighted by Crippen LogP contribution is -2.52. The third kappa shape index (κ3) is 11.2. The molecule has 3 amide bonds. The molecule has 0 heterocycles. The number of terminal acetylenes is 1. The number of hydrogen-bond acceptors (Lipinski definition) is 5. The van der Waals surface area contributed by atoms with Gasteiger partial charge in [-0.15, -0.1) is 6.42 Å². The minimum absolute atomic E-state index is 0.329. The van der Waals surface area contributed by atoms with E-state index in [9.17, 15) is 14.4 Å². The Morgan fingerprint density at radius 2 is 1.64 bits per heavy atom. The Labute approximate surface area is 272 Å². The molecule has 8 heteroatoms. The maximum absolute atomic E-state index is 14.5. The summed E-state index contributed by atoms with van der Waals surface area (Å²) in [6.45, 7) is 7.84. The van der Waals surface area contributed by atoms with E-state index in [0.29, 0.717) is 35.5 Å². The molecule has 0 fully saturated rings. The van der Waals surface area contributed by atoms with Crippen LogP contribution in [0.4, 0.5) is 10.5 Å². The van der Waals surface area contributed by atoms with E-state index in [1.54, 1.807) is 61.7 Å². The van der Waals surface area contributed by atoms with Crippen LogP contribution in [0.25, 0.3) is 10.8 Å². The van der Waals surface area contributed by atoms with Gasteiger partial charge in [-0.2, -0.15) is 11.8 Å². The van der Waals surface area contributed by atoms with Crippen molar-refractivity contribution < 1.29 is 19.1 Å². The van der Waals surface area contributed by atoms with Gasteiger partial charge in [-0.3, -0.25) is 9.59 Å². The Morgan fingerprint density at radius 1 is 0.956 bits per heavy atom. The van der Waals surface area contributed by atoms with Gasteiger partial charge in [0.25, 0.3) is 5.91 Å². The average molecular weight is 630 g/mol. The molecule has 3 rings (SSSR count). The number of nitrogens with one attached hydrogen (secondary N) is 2. The molecule has 0 aromatic heterocycles. The molecule has 2 N–H and O–H groups in total. The van der Waals surface area contributed by atoms with E-state index >= 15 is 0 Å². The smallest absolute Gasteiger partial charge is 0.408 e. The molecule has 0 bridgehead atoms. The summed E-state index contributed by atoms with van der Waals surface area (Å²) in [5, 5.41) is 7.93. The van der Waals surface area contributed by atoms with E-state index in [1.165, 1.54) is 0 Å². The van der Waals surface area contributed by atoms with Crippen LogP contribution < -0.4 is 10.6 Å². The zero-order valence-electron chi connectivity index (χ0n) is 27.2. The van der Waals surface area contributed by atoms with Crippen LogP contribution in [0.5, 0.6) is 0 Å². The Morgan fingerprint density at radius 3 is 2.29 bits per heavy atom. The lowest BCUT2D eigenvalue weighted by atomic mass is 10.00. The molecule has 3 aromatic rings. The standard InChI is InChI=1S/C37H47N3O4S/c1-7-9-10-11-14-24-40(35(42)32(23-25-45-6)39-36(43)44-37(3,4)5)33(29-19-17-27(8-2)18-20-29)34(41)38-31-22-21-28-15-12-13-16-30(28)26-31/h2,12-13,15-22,26,32-33H,7,9-11,14,23-25H2,1,3-6H3,(H,38,41)(H,39,43). The van der Waals surface area contributed by atoms with Crippen molar-refractivity contribution in [2.75, 3.05) is 23.9 Å². The van der Waals surface area contributed by atoms with Crippen molar-refractivity contribution in [1.82, 2.24) is 10.2 Å². The van der Waals surface area contributed by atoms with Crippen molar-refractivity contribution in [3.05, 3.63) is 77.9 Å². The predicted octanol–water partition coefficient (Wildman–Crippen LogP) is 7.95. The van der Waals surface area contributed by atoms with Crippen molar-refractivity contribution in [1.29, 1.82) is 0 Å². The summed E-state index contributed by atoms with van der Waals surface area (Å²) in [6, 6.07) is 19.0. The van der Waals surface area contributed by atoms with Gasteiger partial charge in [0.05, 0.1) is 0 Å². The molecule has 7 nitrogen and oxygen atoms in total. The van der Waals surface area contributed by atoms with Gasteiger partial charge in [-0.1, -0.05) is 81.0 Å². The quantitative estimate of drug-likeness (QED) is 0.132. The minimum Gasteiger partial charge on any atom is -0.444 e. The van der Waals surface area contributed by atoms with Gasteiger partial charge >= 0.3 is 6.09 Å². The Bertz CT molecular complexity index is 1460. The predicted molar refractivity (Wildman–Crippen MR) is 186 cm³/mol. The number of benzene rings is 3. The highest BCUT2D eigenvalue weighted by Gasteiger charge is 2.36. The Kier molecular flexibility index (Phi) is 13.8. The molecule has 3 aromatic carbocycles. The topological polar surface area (TPSA) is 87.7 Å². The van der Waals surface area contributed by atoms with Crippen molar-refractivity contribution in [3.63, 3.8) is 0 Å². The largest absolute Gasteiger partial charge is 0.444 e. The number of ether oxygens (including phenoxy) is 1. The van der Waals surface area contributed by atoms with Crippen molar-refractivity contribution in [3.8, 4) is 12.3 Å². The third-order valence-electron chi connectivity index (χ3n) is 7.36. The van der Waals surface area contributed by atoms with Crippen LogP contribution in [-0.4, -0.2) is 53.0 Å². The Hall–Kier alpha value is -3.96. The van der Waals surface area contributed by atoms with Crippen LogP contribution >= 0.6 is 11.8 Å². The first kappa shape index (κ1) is 35.5. The van der Waals surface area contributed by atoms with Crippen LogP contribution in [0, 0.1) is 12.3 Å². The molecule has 0 aliphatic rings. The van der Waals surface area contributed by atoms with E-state index < -0.39 is 23.8 Å². The average Bonchev–Trinajstić information content (AvgIpc) is 3.01. The molecular formula is C37H47N3O4S. The van der Waals surface area contributed by atoms with Crippen LogP contribution in [0.1, 0.15) is 83.4 Å². The molecule has 2 unspecified atom stereocenters. The molecule has 0 aliphatic heterocycles. The van der Waals surface area contributed by atoms with E-state index in [4.69, 9.17) is 11.2 Å². The van der Waals surface area contributed by atoms with Crippen LogP contribution in [0.3, 0.4) is 0 Å². The number of carbonyl (C=O) groups excluding carboxylic acids is 3. The van der Waals surface area contributed by atoms with Crippen LogP contribution in [-0.2, 0) is 14.3 Å². The van der Waals surface area contributed by atoms with E-state index in [2.05, 4.69) is 23.5 Å². The normalized spacial score (nSPS) is 12.5. The van der Waals surface area contributed by atoms with E-state index in [1.807, 2.05) is 48.7 Å². The second kappa shape index (κ2) is 17.5. The first-order valence-electron chi connectivity index (χ1n) is 15.7. The number of amides is 3. The van der Waals surface area contributed by atoms with E-state index in [-0.39, 0.29) is 11.8 Å². The molecule has 240 valence electrons. The number of unbranched alkanes of at least 4 members (excludes halogenated alkanes) is 4.